The van der Waals surface area contributed by atoms with E-state index in [4.69, 9.17) is 5.73 Å². The lowest BCUT2D eigenvalue weighted by molar-refractivity contribution is -0.173. The molecule has 2 aromatic rings. The topological polar surface area (TPSA) is 94.6 Å². The number of nitrogens with zero attached hydrogens (tertiary/aromatic N) is 4. The fraction of sp³-hybridized carbons (Fsp3) is 0.500. The lowest BCUT2D eigenvalue weighted by Gasteiger charge is -2.65. The minimum absolute atomic E-state index is 0.0990. The number of aryl methyl sites for hydroxylation is 2. The van der Waals surface area contributed by atoms with E-state index < -0.39 is 5.41 Å². The van der Waals surface area contributed by atoms with Crippen LogP contribution in [0.4, 0.5) is 0 Å². The maximum absolute atomic E-state index is 11.7. The monoisotopic (exact) mass is 269 g/mol. The Kier molecular flexibility index (Phi) is 2.05. The highest BCUT2D eigenvalue weighted by atomic mass is 16.1. The number of rotatable bonds is 2. The minimum atomic E-state index is -0.396. The van der Waals surface area contributed by atoms with Crippen LogP contribution < -0.4 is 5.73 Å². The van der Waals surface area contributed by atoms with Gasteiger partial charge in [-0.15, -0.1) is 0 Å². The van der Waals surface area contributed by atoms with Gasteiger partial charge in [-0.2, -0.15) is 0 Å². The van der Waals surface area contributed by atoms with Crippen molar-refractivity contribution >= 4 is 17.1 Å². The second-order valence-electron chi connectivity index (χ2n) is 5.99. The summed E-state index contributed by atoms with van der Waals surface area (Å²) >= 11 is 0. The second-order valence-corrected chi connectivity index (χ2v) is 5.99. The van der Waals surface area contributed by atoms with Crippen molar-refractivity contribution < 1.29 is 4.79 Å². The number of hydrogen-bond acceptors (Lipinski definition) is 5. The Morgan fingerprint density at radius 1 is 1.25 bits per heavy atom. The van der Waals surface area contributed by atoms with Crippen LogP contribution in [0.15, 0.2) is 6.33 Å². The molecule has 2 aromatic heterocycles. The average Bonchev–Trinajstić information content (AvgIpc) is 2.28. The van der Waals surface area contributed by atoms with Crippen LogP contribution in [-0.2, 0) is 4.79 Å². The Morgan fingerprint density at radius 2 is 1.95 bits per heavy atom. The summed E-state index contributed by atoms with van der Waals surface area (Å²) in [6, 6.07) is 0. The van der Waals surface area contributed by atoms with Gasteiger partial charge in [-0.25, -0.2) is 19.9 Å². The van der Waals surface area contributed by atoms with Gasteiger partial charge in [0.2, 0.25) is 5.91 Å². The van der Waals surface area contributed by atoms with Gasteiger partial charge in [0.1, 0.15) is 11.8 Å². The van der Waals surface area contributed by atoms with E-state index in [1.165, 1.54) is 6.33 Å². The van der Waals surface area contributed by atoms with E-state index in [-0.39, 0.29) is 11.8 Å². The van der Waals surface area contributed by atoms with E-state index in [1.54, 1.807) is 0 Å². The number of aromatic nitrogens is 4. The number of amides is 1. The molecule has 1 atom stereocenters. The van der Waals surface area contributed by atoms with Crippen LogP contribution in [0.5, 0.6) is 0 Å². The standard InChI is InChI=1S/C14H15N5O/c1-6-7(2)19-12-11(18-6)10(16-5-17-12)9-8-3-14(9,4-8)13(15)20/h5,8-9H,3-4H2,1-2H3,(H2,15,20). The summed E-state index contributed by atoms with van der Waals surface area (Å²) in [5, 5.41) is 0. The quantitative estimate of drug-likeness (QED) is 0.878. The van der Waals surface area contributed by atoms with Crippen molar-refractivity contribution in [1.29, 1.82) is 0 Å². The van der Waals surface area contributed by atoms with Crippen molar-refractivity contribution in [2.75, 3.05) is 0 Å². The number of nitrogens with two attached hydrogens (primary N) is 1. The van der Waals surface area contributed by atoms with Gasteiger partial charge in [-0.3, -0.25) is 4.79 Å². The Balaban J connectivity index is 1.90. The molecule has 2 bridgehead atoms. The summed E-state index contributed by atoms with van der Waals surface area (Å²) in [6.07, 6.45) is 3.28. The summed E-state index contributed by atoms with van der Waals surface area (Å²) in [7, 11) is 0. The van der Waals surface area contributed by atoms with Crippen molar-refractivity contribution in [2.24, 2.45) is 17.1 Å². The van der Waals surface area contributed by atoms with Crippen molar-refractivity contribution in [3.05, 3.63) is 23.4 Å². The molecule has 0 saturated heterocycles. The van der Waals surface area contributed by atoms with Gasteiger partial charge >= 0.3 is 0 Å². The first-order chi connectivity index (χ1) is 9.53. The number of carbonyl (C=O) groups is 1. The van der Waals surface area contributed by atoms with Crippen LogP contribution in [0.25, 0.3) is 11.2 Å². The highest BCUT2D eigenvalue weighted by Gasteiger charge is 2.70. The number of carbonyl (C=O) groups excluding carboxylic acids is 1. The van der Waals surface area contributed by atoms with Crippen molar-refractivity contribution in [3.8, 4) is 0 Å². The Morgan fingerprint density at radius 3 is 2.55 bits per heavy atom. The first kappa shape index (κ1) is 11.7. The first-order valence-corrected chi connectivity index (χ1v) is 6.79. The molecule has 6 heteroatoms. The normalized spacial score (nSPS) is 30.7. The fourth-order valence-corrected chi connectivity index (χ4v) is 3.62. The smallest absolute Gasteiger partial charge is 0.224 e. The van der Waals surface area contributed by atoms with Crippen LogP contribution in [-0.4, -0.2) is 25.8 Å². The fourth-order valence-electron chi connectivity index (χ4n) is 3.62. The van der Waals surface area contributed by atoms with E-state index in [0.29, 0.717) is 11.6 Å². The molecule has 5 rings (SSSR count). The third-order valence-electron chi connectivity index (χ3n) is 5.01. The van der Waals surface area contributed by atoms with Crippen LogP contribution in [0.1, 0.15) is 35.8 Å². The zero-order valence-corrected chi connectivity index (χ0v) is 11.4. The molecule has 0 aliphatic heterocycles. The SMILES string of the molecule is Cc1nc2ncnc(C3C4CC3(C(N)=O)C4)c2nc1C. The molecule has 102 valence electrons. The second kappa shape index (κ2) is 3.50. The number of fused-ring (bicyclic) bond motifs is 1. The molecule has 2 heterocycles. The molecule has 3 aliphatic rings. The molecule has 6 nitrogen and oxygen atoms in total. The van der Waals surface area contributed by atoms with Crippen molar-refractivity contribution in [2.45, 2.75) is 32.6 Å². The van der Waals surface area contributed by atoms with E-state index in [1.807, 2.05) is 13.8 Å². The van der Waals surface area contributed by atoms with E-state index in [9.17, 15) is 4.79 Å². The molecule has 0 radical (unpaired) electrons. The van der Waals surface area contributed by atoms with Gasteiger partial charge in [0.25, 0.3) is 0 Å². The van der Waals surface area contributed by atoms with Crippen LogP contribution >= 0.6 is 0 Å². The molecule has 2 N–H and O–H groups in total. The highest BCUT2D eigenvalue weighted by molar-refractivity contribution is 5.87. The first-order valence-electron chi connectivity index (χ1n) is 6.79. The van der Waals surface area contributed by atoms with Gasteiger partial charge in [-0.1, -0.05) is 0 Å². The average molecular weight is 269 g/mol. The lowest BCUT2D eigenvalue weighted by atomic mass is 9.36. The van der Waals surface area contributed by atoms with Gasteiger partial charge in [0.05, 0.1) is 22.5 Å². The Hall–Kier alpha value is -2.11. The minimum Gasteiger partial charge on any atom is -0.369 e. The largest absolute Gasteiger partial charge is 0.369 e. The number of primary amides is 1. The molecule has 1 unspecified atom stereocenters. The van der Waals surface area contributed by atoms with E-state index in [2.05, 4.69) is 19.9 Å². The van der Waals surface area contributed by atoms with E-state index >= 15 is 0 Å². The molecular weight excluding hydrogens is 254 g/mol. The van der Waals surface area contributed by atoms with Gasteiger partial charge in [0, 0.05) is 5.92 Å². The summed E-state index contributed by atoms with van der Waals surface area (Å²) in [5.41, 5.74) is 9.08. The maximum Gasteiger partial charge on any atom is 0.224 e. The molecule has 3 fully saturated rings. The van der Waals surface area contributed by atoms with Crippen LogP contribution in [0.3, 0.4) is 0 Å². The third-order valence-corrected chi connectivity index (χ3v) is 5.01. The van der Waals surface area contributed by atoms with Crippen molar-refractivity contribution in [1.82, 2.24) is 19.9 Å². The third kappa shape index (κ3) is 1.21. The van der Waals surface area contributed by atoms with Gasteiger partial charge < -0.3 is 5.73 Å². The molecule has 1 amide bonds. The molecule has 3 saturated carbocycles. The molecule has 0 aromatic carbocycles. The van der Waals surface area contributed by atoms with Crippen LogP contribution in [0, 0.1) is 25.2 Å². The molecule has 0 spiro atoms. The summed E-state index contributed by atoms with van der Waals surface area (Å²) in [5.74, 6) is 0.388. The predicted octanol–water partition coefficient (Wildman–Crippen LogP) is 1.02. The summed E-state index contributed by atoms with van der Waals surface area (Å²) < 4.78 is 0. The molecular formula is C14H15N5O. The molecule has 20 heavy (non-hydrogen) atoms. The predicted molar refractivity (Wildman–Crippen MR) is 71.7 cm³/mol. The highest BCUT2D eigenvalue weighted by Crippen LogP contribution is 2.72. The van der Waals surface area contributed by atoms with Crippen LogP contribution in [0.2, 0.25) is 0 Å². The Bertz CT molecular complexity index is 751. The van der Waals surface area contributed by atoms with Gasteiger partial charge in [0.15, 0.2) is 5.65 Å². The maximum atomic E-state index is 11.7. The van der Waals surface area contributed by atoms with E-state index in [0.717, 1.165) is 35.4 Å². The number of hydrogen-bond donors (Lipinski definition) is 1. The molecule has 3 aliphatic carbocycles. The zero-order chi connectivity index (χ0) is 14.1. The lowest BCUT2D eigenvalue weighted by Crippen LogP contribution is -2.65. The zero-order valence-electron chi connectivity index (χ0n) is 11.4. The summed E-state index contributed by atoms with van der Waals surface area (Å²) in [6.45, 7) is 3.83. The summed E-state index contributed by atoms with van der Waals surface area (Å²) in [4.78, 5) is 29.3. The Labute approximate surface area is 115 Å². The van der Waals surface area contributed by atoms with Crippen molar-refractivity contribution in [3.63, 3.8) is 0 Å². The van der Waals surface area contributed by atoms with Gasteiger partial charge in [-0.05, 0) is 32.6 Å².